The van der Waals surface area contributed by atoms with E-state index < -0.39 is 17.6 Å². The summed E-state index contributed by atoms with van der Waals surface area (Å²) in [5, 5.41) is 6.49. The summed E-state index contributed by atoms with van der Waals surface area (Å²) < 4.78 is 43.9. The van der Waals surface area contributed by atoms with Crippen LogP contribution in [-0.4, -0.2) is 28.6 Å². The summed E-state index contributed by atoms with van der Waals surface area (Å²) in [5.74, 6) is -4.29. The van der Waals surface area contributed by atoms with Crippen molar-refractivity contribution in [1.82, 2.24) is 9.78 Å². The van der Waals surface area contributed by atoms with Crippen molar-refractivity contribution in [3.05, 3.63) is 77.4 Å². The third-order valence-corrected chi connectivity index (χ3v) is 4.79. The molecule has 0 saturated carbocycles. The summed E-state index contributed by atoms with van der Waals surface area (Å²) in [4.78, 5) is 25.0. The van der Waals surface area contributed by atoms with Crippen molar-refractivity contribution in [1.29, 1.82) is 0 Å². The molecular weight excluding hydrogens is 385 g/mol. The average molecular weight is 400 g/mol. The van der Waals surface area contributed by atoms with Gasteiger partial charge in [0.15, 0.2) is 0 Å². The summed E-state index contributed by atoms with van der Waals surface area (Å²) in [7, 11) is 0. The summed E-state index contributed by atoms with van der Waals surface area (Å²) >= 11 is 0. The van der Waals surface area contributed by atoms with Crippen LogP contribution in [0.2, 0.25) is 0 Å². The number of alkyl halides is 2. The molecule has 4 rings (SSSR count). The highest BCUT2D eigenvalue weighted by molar-refractivity contribution is 6.09. The SMILES string of the molecule is O=CNc1cnn2c1C(=O)N(c1ccc(C(F)(F)c3ccc(F)cc3)cc1)CC2. The van der Waals surface area contributed by atoms with E-state index in [2.05, 4.69) is 10.4 Å². The molecule has 0 saturated heterocycles. The van der Waals surface area contributed by atoms with Crippen molar-refractivity contribution in [2.75, 3.05) is 16.8 Å². The number of nitrogens with zero attached hydrogens (tertiary/aromatic N) is 3. The Morgan fingerprint density at radius 1 is 1.00 bits per heavy atom. The molecule has 0 spiro atoms. The third-order valence-electron chi connectivity index (χ3n) is 4.79. The number of fused-ring (bicyclic) bond motifs is 1. The van der Waals surface area contributed by atoms with Gasteiger partial charge in [0.25, 0.3) is 11.8 Å². The van der Waals surface area contributed by atoms with Crippen molar-refractivity contribution in [2.45, 2.75) is 12.5 Å². The minimum Gasteiger partial charge on any atom is -0.325 e. The first kappa shape index (κ1) is 18.7. The lowest BCUT2D eigenvalue weighted by molar-refractivity contribution is -0.105. The van der Waals surface area contributed by atoms with E-state index in [-0.39, 0.29) is 22.5 Å². The van der Waals surface area contributed by atoms with Crippen molar-refractivity contribution < 1.29 is 22.8 Å². The van der Waals surface area contributed by atoms with E-state index in [0.717, 1.165) is 24.3 Å². The number of benzene rings is 2. The Labute approximate surface area is 163 Å². The molecule has 0 aliphatic carbocycles. The van der Waals surface area contributed by atoms with Gasteiger partial charge in [0.05, 0.1) is 18.4 Å². The molecule has 0 radical (unpaired) electrons. The number of amides is 2. The molecule has 148 valence electrons. The van der Waals surface area contributed by atoms with Gasteiger partial charge in [-0.25, -0.2) is 4.39 Å². The van der Waals surface area contributed by atoms with Crippen LogP contribution in [0.5, 0.6) is 0 Å². The van der Waals surface area contributed by atoms with Crippen LogP contribution in [0.25, 0.3) is 0 Å². The first-order chi connectivity index (χ1) is 13.9. The summed E-state index contributed by atoms with van der Waals surface area (Å²) in [6.45, 7) is 0.705. The standard InChI is InChI=1S/C20H15F3N4O2/c21-15-5-1-13(2-6-15)20(22,23)14-3-7-16(8-4-14)26-9-10-27-18(19(26)29)17(11-25-27)24-12-28/h1-8,11-12H,9-10H2,(H,24,28). The number of hydrogen-bond acceptors (Lipinski definition) is 3. The van der Waals surface area contributed by atoms with Crippen molar-refractivity contribution >= 4 is 23.7 Å². The van der Waals surface area contributed by atoms with Gasteiger partial charge in [-0.1, -0.05) is 12.1 Å². The van der Waals surface area contributed by atoms with Crippen LogP contribution in [0.15, 0.2) is 54.7 Å². The van der Waals surface area contributed by atoms with Crippen LogP contribution in [0.1, 0.15) is 21.6 Å². The molecule has 0 atom stereocenters. The van der Waals surface area contributed by atoms with Gasteiger partial charge in [-0.2, -0.15) is 13.9 Å². The van der Waals surface area contributed by atoms with Crippen molar-refractivity contribution in [2.24, 2.45) is 0 Å². The van der Waals surface area contributed by atoms with Crippen LogP contribution >= 0.6 is 0 Å². The molecule has 2 heterocycles. The Morgan fingerprint density at radius 3 is 2.24 bits per heavy atom. The van der Waals surface area contributed by atoms with Crippen molar-refractivity contribution in [3.8, 4) is 0 Å². The lowest BCUT2D eigenvalue weighted by Crippen LogP contribution is -2.40. The van der Waals surface area contributed by atoms with E-state index in [1.807, 2.05) is 0 Å². The Kier molecular flexibility index (Phi) is 4.57. The van der Waals surface area contributed by atoms with Gasteiger partial charge in [-0.3, -0.25) is 14.3 Å². The fraction of sp³-hybridized carbons (Fsp3) is 0.150. The Balaban J connectivity index is 1.61. The molecule has 2 aromatic carbocycles. The van der Waals surface area contributed by atoms with Gasteiger partial charge in [0.1, 0.15) is 11.5 Å². The normalized spacial score (nSPS) is 13.9. The maximum absolute atomic E-state index is 14.7. The summed E-state index contributed by atoms with van der Waals surface area (Å²) in [6.07, 6.45) is 1.84. The van der Waals surface area contributed by atoms with Crippen LogP contribution in [0, 0.1) is 5.82 Å². The molecule has 9 heteroatoms. The molecule has 6 nitrogen and oxygen atoms in total. The number of hydrogen-bond donors (Lipinski definition) is 1. The number of halogens is 3. The van der Waals surface area contributed by atoms with E-state index >= 15 is 0 Å². The fourth-order valence-electron chi connectivity index (χ4n) is 3.30. The monoisotopic (exact) mass is 400 g/mol. The zero-order valence-electron chi connectivity index (χ0n) is 15.0. The lowest BCUT2D eigenvalue weighted by atomic mass is 10.00. The zero-order chi connectivity index (χ0) is 20.6. The predicted molar refractivity (Wildman–Crippen MR) is 99.4 cm³/mol. The molecule has 1 aliphatic rings. The Hall–Kier alpha value is -3.62. The van der Waals surface area contributed by atoms with E-state index in [1.165, 1.54) is 40.0 Å². The van der Waals surface area contributed by atoms with Crippen LogP contribution in [0.3, 0.4) is 0 Å². The van der Waals surface area contributed by atoms with Crippen LogP contribution < -0.4 is 10.2 Å². The smallest absolute Gasteiger partial charge is 0.298 e. The van der Waals surface area contributed by atoms with E-state index in [0.29, 0.717) is 25.2 Å². The Morgan fingerprint density at radius 2 is 1.62 bits per heavy atom. The largest absolute Gasteiger partial charge is 0.325 e. The molecule has 2 amide bonds. The molecule has 1 aromatic heterocycles. The van der Waals surface area contributed by atoms with Gasteiger partial charge < -0.3 is 10.2 Å². The molecule has 0 unspecified atom stereocenters. The average Bonchev–Trinajstić information content (AvgIpc) is 3.13. The summed E-state index contributed by atoms with van der Waals surface area (Å²) in [6, 6.07) is 9.40. The number of anilines is 2. The summed E-state index contributed by atoms with van der Waals surface area (Å²) in [5.41, 5.74) is 0.358. The van der Waals surface area contributed by atoms with Crippen molar-refractivity contribution in [3.63, 3.8) is 0 Å². The third kappa shape index (κ3) is 3.24. The van der Waals surface area contributed by atoms with Gasteiger partial charge in [-0.05, 0) is 36.4 Å². The first-order valence-corrected chi connectivity index (χ1v) is 8.74. The van der Waals surface area contributed by atoms with Gasteiger partial charge in [0, 0.05) is 23.4 Å². The number of carbonyl (C=O) groups excluding carboxylic acids is 2. The maximum Gasteiger partial charge on any atom is 0.298 e. The van der Waals surface area contributed by atoms with Gasteiger partial charge >= 0.3 is 0 Å². The number of rotatable bonds is 5. The number of nitrogens with one attached hydrogen (secondary N) is 1. The highest BCUT2D eigenvalue weighted by Gasteiger charge is 2.35. The molecule has 1 aliphatic heterocycles. The topological polar surface area (TPSA) is 67.2 Å². The second-order valence-corrected chi connectivity index (χ2v) is 6.48. The fourth-order valence-corrected chi connectivity index (χ4v) is 3.30. The van der Waals surface area contributed by atoms with E-state index in [9.17, 15) is 22.8 Å². The minimum atomic E-state index is -3.31. The molecule has 0 fully saturated rings. The molecule has 29 heavy (non-hydrogen) atoms. The molecule has 3 aromatic rings. The van der Waals surface area contributed by atoms with E-state index in [4.69, 9.17) is 0 Å². The van der Waals surface area contributed by atoms with Gasteiger partial charge in [0.2, 0.25) is 6.41 Å². The minimum absolute atomic E-state index is 0.226. The van der Waals surface area contributed by atoms with E-state index in [1.54, 1.807) is 0 Å². The second-order valence-electron chi connectivity index (χ2n) is 6.48. The number of carbonyl (C=O) groups is 2. The predicted octanol–water partition coefficient (Wildman–Crippen LogP) is 3.39. The van der Waals surface area contributed by atoms with Crippen LogP contribution in [-0.2, 0) is 17.3 Å². The Bertz CT molecular complexity index is 1060. The van der Waals surface area contributed by atoms with Crippen LogP contribution in [0.4, 0.5) is 24.5 Å². The highest BCUT2D eigenvalue weighted by Crippen LogP contribution is 2.36. The first-order valence-electron chi connectivity index (χ1n) is 8.74. The number of aromatic nitrogens is 2. The molecular formula is C20H15F3N4O2. The second kappa shape index (κ2) is 7.08. The highest BCUT2D eigenvalue weighted by atomic mass is 19.3. The zero-order valence-corrected chi connectivity index (χ0v) is 15.0. The maximum atomic E-state index is 14.7. The molecule has 1 N–H and O–H groups in total. The van der Waals surface area contributed by atoms with Gasteiger partial charge in [-0.15, -0.1) is 0 Å². The quantitative estimate of drug-likeness (QED) is 0.668. The lowest BCUT2D eigenvalue weighted by Gasteiger charge is -2.28. The molecule has 0 bridgehead atoms.